The van der Waals surface area contributed by atoms with E-state index in [-0.39, 0.29) is 11.8 Å². The lowest BCUT2D eigenvalue weighted by molar-refractivity contribution is -0.134. The van der Waals surface area contributed by atoms with Crippen molar-refractivity contribution in [3.05, 3.63) is 66.2 Å². The summed E-state index contributed by atoms with van der Waals surface area (Å²) >= 11 is 0. The number of imidazole rings is 1. The fourth-order valence-corrected chi connectivity index (χ4v) is 4.18. The van der Waals surface area contributed by atoms with E-state index in [0.717, 1.165) is 30.8 Å². The number of β-amino-alcohol motifs (C(OH)–C–C–N with tert-alkyl or cyclic N) is 1. The van der Waals surface area contributed by atoms with Gasteiger partial charge in [-0.3, -0.25) is 4.79 Å². The van der Waals surface area contributed by atoms with Crippen molar-refractivity contribution in [1.29, 1.82) is 0 Å². The van der Waals surface area contributed by atoms with Gasteiger partial charge in [0.05, 0.1) is 6.10 Å². The maximum absolute atomic E-state index is 12.6. The molecule has 1 fully saturated rings. The topological polar surface area (TPSA) is 58.4 Å². The first-order chi connectivity index (χ1) is 13.6. The smallest absolute Gasteiger partial charge is 0.222 e. The summed E-state index contributed by atoms with van der Waals surface area (Å²) < 4.78 is 2.06. The van der Waals surface area contributed by atoms with Crippen LogP contribution >= 0.6 is 0 Å². The number of aryl methyl sites for hydroxylation is 2. The van der Waals surface area contributed by atoms with Gasteiger partial charge in [-0.25, -0.2) is 4.98 Å². The monoisotopic (exact) mass is 377 g/mol. The molecule has 1 amide bonds. The molecular formula is C23H27N3O2. The normalized spacial score (nSPS) is 19.9. The second-order valence-electron chi connectivity index (χ2n) is 7.68. The number of carbonyl (C=O) groups excluding carboxylic acids is 1. The average molecular weight is 377 g/mol. The molecule has 2 aromatic carbocycles. The van der Waals surface area contributed by atoms with Gasteiger partial charge >= 0.3 is 0 Å². The zero-order chi connectivity index (χ0) is 19.5. The van der Waals surface area contributed by atoms with Gasteiger partial charge < -0.3 is 14.6 Å². The highest BCUT2D eigenvalue weighted by atomic mass is 16.3. The molecule has 5 nitrogen and oxygen atoms in total. The number of amides is 1. The van der Waals surface area contributed by atoms with Gasteiger partial charge in [-0.15, -0.1) is 0 Å². The minimum Gasteiger partial charge on any atom is -0.391 e. The van der Waals surface area contributed by atoms with Crippen molar-refractivity contribution in [1.82, 2.24) is 14.5 Å². The number of hydrogen-bond donors (Lipinski definition) is 1. The molecule has 0 unspecified atom stereocenters. The van der Waals surface area contributed by atoms with E-state index in [2.05, 4.69) is 39.9 Å². The second kappa shape index (κ2) is 8.15. The predicted octanol–water partition coefficient (Wildman–Crippen LogP) is 3.50. The van der Waals surface area contributed by atoms with E-state index in [1.807, 2.05) is 30.2 Å². The second-order valence-corrected chi connectivity index (χ2v) is 7.68. The molecule has 1 saturated heterocycles. The van der Waals surface area contributed by atoms with E-state index in [9.17, 15) is 9.90 Å². The van der Waals surface area contributed by atoms with E-state index in [0.29, 0.717) is 19.5 Å². The van der Waals surface area contributed by atoms with Crippen LogP contribution in [0.1, 0.15) is 36.6 Å². The summed E-state index contributed by atoms with van der Waals surface area (Å²) in [4.78, 5) is 18.6. The number of benzene rings is 2. The van der Waals surface area contributed by atoms with Crippen molar-refractivity contribution in [2.24, 2.45) is 0 Å². The van der Waals surface area contributed by atoms with Gasteiger partial charge in [0.1, 0.15) is 5.82 Å². The van der Waals surface area contributed by atoms with Gasteiger partial charge in [-0.1, -0.05) is 42.5 Å². The van der Waals surface area contributed by atoms with Crippen LogP contribution in [0.2, 0.25) is 0 Å². The average Bonchev–Trinajstić information content (AvgIpc) is 3.12. The quantitative estimate of drug-likeness (QED) is 0.740. The van der Waals surface area contributed by atoms with E-state index < -0.39 is 6.10 Å². The van der Waals surface area contributed by atoms with Crippen molar-refractivity contribution >= 4 is 16.7 Å². The van der Waals surface area contributed by atoms with Gasteiger partial charge in [0.25, 0.3) is 0 Å². The zero-order valence-electron chi connectivity index (χ0n) is 16.3. The van der Waals surface area contributed by atoms with E-state index in [1.54, 1.807) is 6.20 Å². The Kier molecular flexibility index (Phi) is 5.44. The Morgan fingerprint density at radius 1 is 1.21 bits per heavy atom. The number of likely N-dealkylation sites (tertiary alicyclic amines) is 1. The summed E-state index contributed by atoms with van der Waals surface area (Å²) in [5.74, 6) is 1.19. The van der Waals surface area contributed by atoms with Gasteiger partial charge in [0, 0.05) is 44.4 Å². The molecule has 0 bridgehead atoms. The standard InChI is InChI=1S/C23H27N3O2/c1-17-24-11-14-25(17)12-4-7-23(28)26-13-10-21(22(27)16-26)20-9-8-18-5-2-3-6-19(18)15-20/h2-3,5-6,8-9,11,14-15,21-22,27H,4,7,10,12-13,16H2,1H3/t21-,22+/m1/s1. The van der Waals surface area contributed by atoms with Crippen LogP contribution in [-0.4, -0.2) is 44.7 Å². The van der Waals surface area contributed by atoms with Gasteiger partial charge in [-0.2, -0.15) is 0 Å². The molecule has 2 heterocycles. The van der Waals surface area contributed by atoms with Crippen LogP contribution in [0.4, 0.5) is 0 Å². The Morgan fingerprint density at radius 2 is 2.04 bits per heavy atom. The highest BCUT2D eigenvalue weighted by Gasteiger charge is 2.30. The maximum Gasteiger partial charge on any atom is 0.222 e. The molecule has 2 atom stereocenters. The Hall–Kier alpha value is -2.66. The SMILES string of the molecule is Cc1nccn1CCCC(=O)N1CC[C@H](c2ccc3ccccc3c2)[C@@H](O)C1. The van der Waals surface area contributed by atoms with Crippen LogP contribution in [0, 0.1) is 6.92 Å². The minimum absolute atomic E-state index is 0.0854. The lowest BCUT2D eigenvalue weighted by Gasteiger charge is -2.36. The largest absolute Gasteiger partial charge is 0.391 e. The number of aliphatic hydroxyl groups excluding tert-OH is 1. The summed E-state index contributed by atoms with van der Waals surface area (Å²) in [6.07, 6.45) is 5.30. The van der Waals surface area contributed by atoms with Crippen LogP contribution in [0.3, 0.4) is 0 Å². The molecule has 28 heavy (non-hydrogen) atoms. The van der Waals surface area contributed by atoms with Crippen molar-refractivity contribution in [3.63, 3.8) is 0 Å². The van der Waals surface area contributed by atoms with Crippen LogP contribution in [-0.2, 0) is 11.3 Å². The number of piperidine rings is 1. The summed E-state index contributed by atoms with van der Waals surface area (Å²) in [6.45, 7) is 3.89. The first kappa shape index (κ1) is 18.7. The van der Waals surface area contributed by atoms with Crippen LogP contribution in [0.5, 0.6) is 0 Å². The number of carbonyl (C=O) groups is 1. The molecule has 0 saturated carbocycles. The Bertz CT molecular complexity index is 965. The minimum atomic E-state index is -0.519. The molecule has 0 spiro atoms. The predicted molar refractivity (Wildman–Crippen MR) is 110 cm³/mol. The third-order valence-electron chi connectivity index (χ3n) is 5.85. The highest BCUT2D eigenvalue weighted by Crippen LogP contribution is 2.31. The van der Waals surface area contributed by atoms with Crippen molar-refractivity contribution in [2.45, 2.75) is 44.8 Å². The number of aromatic nitrogens is 2. The van der Waals surface area contributed by atoms with E-state index in [4.69, 9.17) is 0 Å². The molecule has 5 heteroatoms. The zero-order valence-corrected chi connectivity index (χ0v) is 16.3. The van der Waals surface area contributed by atoms with Crippen LogP contribution < -0.4 is 0 Å². The molecule has 1 aliphatic rings. The van der Waals surface area contributed by atoms with Crippen molar-refractivity contribution in [2.75, 3.05) is 13.1 Å². The first-order valence-electron chi connectivity index (χ1n) is 10.0. The fraction of sp³-hybridized carbons (Fsp3) is 0.391. The third kappa shape index (κ3) is 3.94. The van der Waals surface area contributed by atoms with Crippen molar-refractivity contribution in [3.8, 4) is 0 Å². The van der Waals surface area contributed by atoms with Gasteiger partial charge in [0.2, 0.25) is 5.91 Å². The Labute approximate surface area is 165 Å². The van der Waals surface area contributed by atoms with Crippen LogP contribution in [0.25, 0.3) is 10.8 Å². The summed E-state index contributed by atoms with van der Waals surface area (Å²) in [5, 5.41) is 13.1. The fourth-order valence-electron chi connectivity index (χ4n) is 4.18. The van der Waals surface area contributed by atoms with Crippen LogP contribution in [0.15, 0.2) is 54.9 Å². The highest BCUT2D eigenvalue weighted by molar-refractivity contribution is 5.83. The Balaban J connectivity index is 1.33. The number of nitrogens with zero attached hydrogens (tertiary/aromatic N) is 3. The molecule has 0 radical (unpaired) electrons. The maximum atomic E-state index is 12.6. The molecule has 0 aliphatic carbocycles. The number of aliphatic hydroxyl groups is 1. The number of hydrogen-bond acceptors (Lipinski definition) is 3. The third-order valence-corrected chi connectivity index (χ3v) is 5.85. The first-order valence-corrected chi connectivity index (χ1v) is 10.0. The van der Waals surface area contributed by atoms with E-state index in [1.165, 1.54) is 10.8 Å². The molecule has 3 aromatic rings. The van der Waals surface area contributed by atoms with Gasteiger partial charge in [0.15, 0.2) is 0 Å². The van der Waals surface area contributed by atoms with Crippen molar-refractivity contribution < 1.29 is 9.90 Å². The lowest BCUT2D eigenvalue weighted by atomic mass is 9.86. The Morgan fingerprint density at radius 3 is 2.79 bits per heavy atom. The summed E-state index contributed by atoms with van der Waals surface area (Å²) in [6, 6.07) is 14.7. The van der Waals surface area contributed by atoms with Gasteiger partial charge in [-0.05, 0) is 36.1 Å². The molecule has 4 rings (SSSR count). The lowest BCUT2D eigenvalue weighted by Crippen LogP contribution is -2.45. The molecule has 1 N–H and O–H groups in total. The summed E-state index contributed by atoms with van der Waals surface area (Å²) in [5.41, 5.74) is 1.16. The number of fused-ring (bicyclic) bond motifs is 1. The molecule has 1 aliphatic heterocycles. The molecule has 1 aromatic heterocycles. The van der Waals surface area contributed by atoms with E-state index >= 15 is 0 Å². The number of rotatable bonds is 5. The molecule has 146 valence electrons. The summed E-state index contributed by atoms with van der Waals surface area (Å²) in [7, 11) is 0. The molecular weight excluding hydrogens is 350 g/mol.